The Morgan fingerprint density at radius 3 is 2.95 bits per heavy atom. The summed E-state index contributed by atoms with van der Waals surface area (Å²) in [6, 6.07) is 2.02. The predicted molar refractivity (Wildman–Crippen MR) is 75.9 cm³/mol. The van der Waals surface area contributed by atoms with Gasteiger partial charge in [-0.1, -0.05) is 19.8 Å². The molecule has 2 rings (SSSR count). The molecule has 0 saturated heterocycles. The van der Waals surface area contributed by atoms with Gasteiger partial charge in [-0.05, 0) is 38.8 Å². The Kier molecular flexibility index (Phi) is 4.46. The van der Waals surface area contributed by atoms with Gasteiger partial charge in [0.1, 0.15) is 12.0 Å². The normalized spacial score (nSPS) is 27.7. The molecule has 0 N–H and O–H groups in total. The van der Waals surface area contributed by atoms with E-state index in [1.54, 1.807) is 6.26 Å². The topological polar surface area (TPSA) is 33.5 Å². The third-order valence-electron chi connectivity index (χ3n) is 4.37. The first-order valence-electron chi connectivity index (χ1n) is 7.22. The van der Waals surface area contributed by atoms with Crippen LogP contribution < -0.4 is 0 Å². The summed E-state index contributed by atoms with van der Waals surface area (Å²) in [5.74, 6) is 1.65. The molecule has 1 aromatic heterocycles. The average molecular weight is 263 g/mol. The zero-order valence-electron chi connectivity index (χ0n) is 12.3. The molecule has 1 aliphatic carbocycles. The first-order valence-corrected chi connectivity index (χ1v) is 7.22. The van der Waals surface area contributed by atoms with Crippen molar-refractivity contribution in [2.45, 2.75) is 46.1 Å². The quantitative estimate of drug-likeness (QED) is 0.763. The van der Waals surface area contributed by atoms with Gasteiger partial charge in [0, 0.05) is 24.1 Å². The van der Waals surface area contributed by atoms with Crippen molar-refractivity contribution in [1.82, 2.24) is 4.90 Å². The monoisotopic (exact) mass is 263 g/mol. The Labute approximate surface area is 116 Å². The third kappa shape index (κ3) is 3.47. The summed E-state index contributed by atoms with van der Waals surface area (Å²) < 4.78 is 5.33. The molecular weight excluding hydrogens is 238 g/mol. The molecule has 2 atom stereocenters. The predicted octanol–water partition coefficient (Wildman–Crippen LogP) is 3.42. The fraction of sp³-hybridized carbons (Fsp3) is 0.688. The van der Waals surface area contributed by atoms with Gasteiger partial charge in [-0.3, -0.25) is 0 Å². The van der Waals surface area contributed by atoms with E-state index in [0.717, 1.165) is 31.7 Å². The molecule has 19 heavy (non-hydrogen) atoms. The molecule has 0 aliphatic heterocycles. The zero-order chi connectivity index (χ0) is 13.9. The van der Waals surface area contributed by atoms with Crippen molar-refractivity contribution in [2.75, 3.05) is 13.6 Å². The van der Waals surface area contributed by atoms with Gasteiger partial charge in [-0.15, -0.1) is 0 Å². The van der Waals surface area contributed by atoms with Crippen LogP contribution in [0.25, 0.3) is 0 Å². The highest BCUT2D eigenvalue weighted by Crippen LogP contribution is 2.38. The molecule has 1 saturated carbocycles. The van der Waals surface area contributed by atoms with Gasteiger partial charge in [0.2, 0.25) is 0 Å². The van der Waals surface area contributed by atoms with Crippen LogP contribution >= 0.6 is 0 Å². The van der Waals surface area contributed by atoms with E-state index >= 15 is 0 Å². The van der Waals surface area contributed by atoms with E-state index in [4.69, 9.17) is 4.42 Å². The van der Waals surface area contributed by atoms with Crippen LogP contribution in [-0.2, 0) is 11.3 Å². The highest BCUT2D eigenvalue weighted by Gasteiger charge is 2.35. The molecule has 3 nitrogen and oxygen atoms in total. The number of carbonyl (C=O) groups is 1. The summed E-state index contributed by atoms with van der Waals surface area (Å²) in [6.45, 7) is 5.96. The lowest BCUT2D eigenvalue weighted by Crippen LogP contribution is -2.40. The number of aryl methyl sites for hydroxylation is 1. The molecule has 2 unspecified atom stereocenters. The molecule has 1 aromatic rings. The fourth-order valence-electron chi connectivity index (χ4n) is 3.45. The van der Waals surface area contributed by atoms with E-state index < -0.39 is 0 Å². The van der Waals surface area contributed by atoms with Crippen LogP contribution in [0, 0.1) is 18.3 Å². The molecule has 106 valence electrons. The molecule has 0 spiro atoms. The second kappa shape index (κ2) is 5.91. The van der Waals surface area contributed by atoms with Gasteiger partial charge in [0.25, 0.3) is 0 Å². The van der Waals surface area contributed by atoms with Crippen molar-refractivity contribution >= 4 is 6.29 Å². The Hall–Kier alpha value is -1.09. The highest BCUT2D eigenvalue weighted by molar-refractivity contribution is 5.60. The fourth-order valence-corrected chi connectivity index (χ4v) is 3.45. The summed E-state index contributed by atoms with van der Waals surface area (Å²) in [4.78, 5) is 13.8. The average Bonchev–Trinajstić information content (AvgIpc) is 2.75. The van der Waals surface area contributed by atoms with Gasteiger partial charge < -0.3 is 14.1 Å². The number of rotatable bonds is 5. The van der Waals surface area contributed by atoms with Crippen LogP contribution in [0.4, 0.5) is 0 Å². The number of hydrogen-bond donors (Lipinski definition) is 0. The number of nitrogens with zero attached hydrogens (tertiary/aromatic N) is 1. The smallest absolute Gasteiger partial charge is 0.127 e. The molecule has 1 heterocycles. The van der Waals surface area contributed by atoms with E-state index in [-0.39, 0.29) is 5.41 Å². The molecule has 1 aliphatic rings. The van der Waals surface area contributed by atoms with Crippen LogP contribution in [-0.4, -0.2) is 24.8 Å². The Morgan fingerprint density at radius 2 is 2.37 bits per heavy atom. The molecule has 1 fully saturated rings. The van der Waals surface area contributed by atoms with E-state index in [1.807, 2.05) is 13.0 Å². The van der Waals surface area contributed by atoms with Gasteiger partial charge in [0.15, 0.2) is 0 Å². The largest absolute Gasteiger partial charge is 0.469 e. The second-order valence-electron chi connectivity index (χ2n) is 6.36. The lowest BCUT2D eigenvalue weighted by Gasteiger charge is -2.38. The van der Waals surface area contributed by atoms with Gasteiger partial charge in [-0.25, -0.2) is 0 Å². The van der Waals surface area contributed by atoms with Crippen molar-refractivity contribution in [1.29, 1.82) is 0 Å². The van der Waals surface area contributed by atoms with E-state index in [0.29, 0.717) is 5.92 Å². The number of aldehydes is 1. The van der Waals surface area contributed by atoms with Crippen molar-refractivity contribution in [3.8, 4) is 0 Å². The van der Waals surface area contributed by atoms with Crippen LogP contribution in [0.15, 0.2) is 16.7 Å². The summed E-state index contributed by atoms with van der Waals surface area (Å²) in [5.41, 5.74) is 1.08. The van der Waals surface area contributed by atoms with Gasteiger partial charge in [0.05, 0.1) is 6.26 Å². The Morgan fingerprint density at radius 1 is 1.58 bits per heavy atom. The molecule has 0 bridgehead atoms. The van der Waals surface area contributed by atoms with Crippen LogP contribution in [0.5, 0.6) is 0 Å². The Balaban J connectivity index is 1.98. The lowest BCUT2D eigenvalue weighted by atomic mass is 9.71. The maximum Gasteiger partial charge on any atom is 0.127 e. The summed E-state index contributed by atoms with van der Waals surface area (Å²) >= 11 is 0. The minimum Gasteiger partial charge on any atom is -0.469 e. The van der Waals surface area contributed by atoms with E-state index in [9.17, 15) is 4.79 Å². The third-order valence-corrected chi connectivity index (χ3v) is 4.37. The molecule has 0 amide bonds. The van der Waals surface area contributed by atoms with Gasteiger partial charge in [-0.2, -0.15) is 0 Å². The minimum absolute atomic E-state index is 0.135. The minimum atomic E-state index is -0.135. The van der Waals surface area contributed by atoms with Crippen molar-refractivity contribution in [3.63, 3.8) is 0 Å². The highest BCUT2D eigenvalue weighted by atomic mass is 16.3. The summed E-state index contributed by atoms with van der Waals surface area (Å²) in [7, 11) is 2.09. The standard InChI is InChI=1S/C16H25NO2/c1-13-5-4-7-16(9-13,12-18)11-17(3)10-15-6-8-19-14(15)2/h6,8,12-13H,4-5,7,9-11H2,1-3H3. The Bertz CT molecular complexity index is 426. The first-order chi connectivity index (χ1) is 9.04. The van der Waals surface area contributed by atoms with Crippen LogP contribution in [0.2, 0.25) is 0 Å². The van der Waals surface area contributed by atoms with Crippen molar-refractivity contribution in [2.24, 2.45) is 11.3 Å². The molecule has 3 heteroatoms. The molecular formula is C16H25NO2. The van der Waals surface area contributed by atoms with Crippen molar-refractivity contribution < 1.29 is 9.21 Å². The summed E-state index contributed by atoms with van der Waals surface area (Å²) in [6.07, 6.45) is 7.46. The second-order valence-corrected chi connectivity index (χ2v) is 6.36. The number of hydrogen-bond acceptors (Lipinski definition) is 3. The molecule has 0 aromatic carbocycles. The SMILES string of the molecule is Cc1occc1CN(C)CC1(C=O)CCCC(C)C1. The number of carbonyl (C=O) groups excluding carboxylic acids is 1. The van der Waals surface area contributed by atoms with Gasteiger partial charge >= 0.3 is 0 Å². The zero-order valence-corrected chi connectivity index (χ0v) is 12.3. The number of furan rings is 1. The maximum absolute atomic E-state index is 11.6. The van der Waals surface area contributed by atoms with Crippen LogP contribution in [0.1, 0.15) is 43.9 Å². The van der Waals surface area contributed by atoms with E-state index in [1.165, 1.54) is 24.7 Å². The molecule has 0 radical (unpaired) electrons. The maximum atomic E-state index is 11.6. The van der Waals surface area contributed by atoms with E-state index in [2.05, 4.69) is 18.9 Å². The lowest BCUT2D eigenvalue weighted by molar-refractivity contribution is -0.119. The van der Waals surface area contributed by atoms with Crippen LogP contribution in [0.3, 0.4) is 0 Å². The summed E-state index contributed by atoms with van der Waals surface area (Å²) in [5, 5.41) is 0. The first kappa shape index (κ1) is 14.3. The van der Waals surface area contributed by atoms with Crippen molar-refractivity contribution in [3.05, 3.63) is 23.7 Å².